The minimum absolute atomic E-state index is 0.609. The largest absolute Gasteiger partial charge is 0.456 e. The molecule has 568 valence electrons. The number of aromatic nitrogens is 9. The number of pyridine rings is 2. The highest BCUT2D eigenvalue weighted by molar-refractivity contribution is 7.26. The molecule has 0 aliphatic carbocycles. The van der Waals surface area contributed by atoms with Crippen LogP contribution in [-0.4, -0.2) is 44.4 Å². The van der Waals surface area contributed by atoms with Crippen molar-refractivity contribution in [3.8, 4) is 119 Å². The molecule has 8 aromatic heterocycles. The molecule has 0 fully saturated rings. The molecule has 0 bridgehead atoms. The Morgan fingerprint density at radius 2 is 0.574 bits per heavy atom. The van der Waals surface area contributed by atoms with Gasteiger partial charge in [0.05, 0.1) is 33.5 Å². The van der Waals surface area contributed by atoms with Crippen LogP contribution < -0.4 is 0 Å². The lowest BCUT2D eigenvalue weighted by atomic mass is 9.94. The lowest BCUT2D eigenvalue weighted by Crippen LogP contribution is -2.00. The fraction of sp³-hybridized carbons (Fsp3) is 0. The number of furan rings is 2. The normalized spacial score (nSPS) is 11.8. The average molecular weight is 1580 g/mol. The molecular weight excluding hydrogens is 1510 g/mol. The topological polar surface area (TPSA) is 134 Å². The predicted molar refractivity (Wildman–Crippen MR) is 501 cm³/mol. The van der Waals surface area contributed by atoms with Crippen LogP contribution >= 0.6 is 11.3 Å². The highest BCUT2D eigenvalue weighted by Gasteiger charge is 2.24. The first kappa shape index (κ1) is 70.0. The van der Waals surface area contributed by atoms with Crippen molar-refractivity contribution in [2.45, 2.75) is 0 Å². The van der Waals surface area contributed by atoms with Crippen molar-refractivity contribution >= 4 is 141 Å². The van der Waals surface area contributed by atoms with Gasteiger partial charge in [-0.2, -0.15) is 0 Å². The quantitative estimate of drug-likeness (QED) is 0.115. The number of rotatable bonds is 11. The van der Waals surface area contributed by atoms with Gasteiger partial charge in [-0.25, -0.2) is 39.9 Å². The van der Waals surface area contributed by atoms with Crippen LogP contribution in [0.15, 0.2) is 403 Å². The fourth-order valence-corrected chi connectivity index (χ4v) is 19.0. The van der Waals surface area contributed by atoms with Crippen LogP contribution in [0.2, 0.25) is 0 Å². The molecule has 12 heteroatoms. The van der Waals surface area contributed by atoms with Gasteiger partial charge >= 0.3 is 0 Å². The van der Waals surface area contributed by atoms with Gasteiger partial charge in [-0.05, 0) is 119 Å². The standard InChI is InChI=1S/C58H35N5O.C52H30N4OS/c1-4-14-37(15-5-1)55-46-31-33-52-54(45-21-11-13-23-51(45)64-52)53(46)44-30-28-40(35-48(44)59-55)36-24-26-39(27-25-36)57-60-56(38-16-6-2-7-17-38)61-58(62-57)41-29-32-50-47(34-41)43-20-10-12-22-49(43)63(50)42-18-8-3-9-19-42;1-3-12-32(13-4-1)49-39-28-29-43-48(37-16-7-9-19-42(37)57-43)47(39)36-27-26-35(30-41(36)53-49)31-22-24-34(25-23-31)51-54-50(33-14-5-2-6-15-33)55-52(56-51)40-18-11-21-45-46(40)38-17-8-10-20-44(38)58-45/h1-35H;1-30H. The predicted octanol–water partition coefficient (Wildman–Crippen LogP) is 29.1. The van der Waals surface area contributed by atoms with Crippen molar-refractivity contribution in [3.63, 3.8) is 0 Å². The number of hydrogen-bond donors (Lipinski definition) is 0. The molecule has 0 saturated carbocycles. The summed E-state index contributed by atoms with van der Waals surface area (Å²) in [5.41, 5.74) is 22.7. The zero-order valence-electron chi connectivity index (χ0n) is 65.3. The summed E-state index contributed by atoms with van der Waals surface area (Å²) in [5.74, 6) is 3.78. The average Bonchev–Trinajstić information content (AvgIpc) is 1.39. The molecule has 0 aliphatic heterocycles. The highest BCUT2D eigenvalue weighted by atomic mass is 32.1. The minimum atomic E-state index is 0.609. The molecule has 0 saturated heterocycles. The number of benzene rings is 17. The summed E-state index contributed by atoms with van der Waals surface area (Å²) in [6, 6.07) is 137. The Morgan fingerprint density at radius 1 is 0.197 bits per heavy atom. The molecule has 0 N–H and O–H groups in total. The van der Waals surface area contributed by atoms with Crippen LogP contribution in [0.1, 0.15) is 0 Å². The number of hydrogen-bond acceptors (Lipinski definition) is 11. The molecule has 0 aliphatic rings. The van der Waals surface area contributed by atoms with E-state index in [-0.39, 0.29) is 0 Å². The van der Waals surface area contributed by atoms with Crippen LogP contribution in [0.4, 0.5) is 0 Å². The van der Waals surface area contributed by atoms with Crippen molar-refractivity contribution in [3.05, 3.63) is 394 Å². The van der Waals surface area contributed by atoms with Crippen molar-refractivity contribution in [1.82, 2.24) is 44.4 Å². The second kappa shape index (κ2) is 28.8. The monoisotopic (exact) mass is 1580 g/mol. The Hall–Kier alpha value is -16.3. The maximum atomic E-state index is 6.37. The Balaban J connectivity index is 0.000000139. The van der Waals surface area contributed by atoms with Crippen LogP contribution in [0.3, 0.4) is 0 Å². The van der Waals surface area contributed by atoms with Gasteiger partial charge in [0.2, 0.25) is 0 Å². The van der Waals surface area contributed by atoms with Gasteiger partial charge in [0, 0.05) is 135 Å². The third-order valence-electron chi connectivity index (χ3n) is 23.6. The zero-order chi connectivity index (χ0) is 80.3. The Bertz CT molecular complexity index is 8490. The van der Waals surface area contributed by atoms with E-state index >= 15 is 0 Å². The summed E-state index contributed by atoms with van der Waals surface area (Å²) in [4.78, 5) is 41.3. The zero-order valence-corrected chi connectivity index (χ0v) is 66.1. The van der Waals surface area contributed by atoms with E-state index in [9.17, 15) is 0 Å². The first-order valence-electron chi connectivity index (χ1n) is 40.8. The van der Waals surface area contributed by atoms with Crippen molar-refractivity contribution in [2.75, 3.05) is 0 Å². The van der Waals surface area contributed by atoms with Gasteiger partial charge in [0.25, 0.3) is 0 Å². The summed E-state index contributed by atoms with van der Waals surface area (Å²) in [6.45, 7) is 0. The first-order chi connectivity index (χ1) is 60.4. The molecule has 11 nitrogen and oxygen atoms in total. The molecule has 0 unspecified atom stereocenters. The summed E-state index contributed by atoms with van der Waals surface area (Å²) < 4.78 is 17.5. The van der Waals surface area contributed by atoms with Crippen molar-refractivity contribution in [1.29, 1.82) is 0 Å². The lowest BCUT2D eigenvalue weighted by Gasteiger charge is -2.13. The third-order valence-corrected chi connectivity index (χ3v) is 24.7. The van der Waals surface area contributed by atoms with E-state index in [2.05, 4.69) is 302 Å². The van der Waals surface area contributed by atoms with E-state index in [1.165, 1.54) is 25.6 Å². The number of thiophene rings is 1. The molecule has 0 radical (unpaired) electrons. The highest BCUT2D eigenvalue weighted by Crippen LogP contribution is 2.47. The van der Waals surface area contributed by atoms with E-state index in [0.717, 1.165) is 187 Å². The summed E-state index contributed by atoms with van der Waals surface area (Å²) in [6.07, 6.45) is 0. The molecule has 122 heavy (non-hydrogen) atoms. The van der Waals surface area contributed by atoms with Gasteiger partial charge < -0.3 is 13.4 Å². The van der Waals surface area contributed by atoms with Crippen LogP contribution in [0.5, 0.6) is 0 Å². The van der Waals surface area contributed by atoms with Gasteiger partial charge in [-0.15, -0.1) is 11.3 Å². The second-order valence-corrected chi connectivity index (χ2v) is 31.8. The number of nitrogens with zero attached hydrogens (tertiary/aromatic N) is 9. The minimum Gasteiger partial charge on any atom is -0.456 e. The lowest BCUT2D eigenvalue weighted by molar-refractivity contribution is 0.669. The third kappa shape index (κ3) is 11.9. The maximum Gasteiger partial charge on any atom is 0.164 e. The molecule has 8 heterocycles. The molecule has 25 rings (SSSR count). The smallest absolute Gasteiger partial charge is 0.164 e. The number of fused-ring (bicyclic) bond motifs is 20. The Labute approximate surface area is 702 Å². The molecule has 17 aromatic carbocycles. The molecule has 0 atom stereocenters. The molecule has 0 spiro atoms. The Morgan fingerprint density at radius 3 is 1.09 bits per heavy atom. The number of para-hydroxylation sites is 4. The second-order valence-electron chi connectivity index (χ2n) is 30.7. The van der Waals surface area contributed by atoms with Crippen LogP contribution in [0.25, 0.3) is 248 Å². The summed E-state index contributed by atoms with van der Waals surface area (Å²) >= 11 is 1.79. The molecular formula is C110H65N9O2S. The summed E-state index contributed by atoms with van der Waals surface area (Å²) in [7, 11) is 0. The Kier molecular flexibility index (Phi) is 16.5. The van der Waals surface area contributed by atoms with E-state index in [4.69, 9.17) is 48.7 Å². The SMILES string of the molecule is c1ccc(-c2nc(-c3ccc(-c4ccc5c(c4)nc(-c4ccccc4)c4ccc6oc7ccccc7c6c45)cc3)nc(-c3ccc4c(c3)c3ccccc3n4-c3ccccc3)n2)cc1.c1ccc(-c2nc(-c3ccc(-c4ccc5c(c4)nc(-c4ccccc4)c4ccc6oc7ccccc7c6c45)cc3)nc(-c3cccc4sc5ccccc5c34)n2)cc1. The van der Waals surface area contributed by atoms with Gasteiger partial charge in [-0.1, -0.05) is 297 Å². The maximum absolute atomic E-state index is 6.37. The van der Waals surface area contributed by atoms with Crippen LogP contribution in [0, 0.1) is 0 Å². The van der Waals surface area contributed by atoms with Crippen molar-refractivity contribution < 1.29 is 8.83 Å². The van der Waals surface area contributed by atoms with E-state index < -0.39 is 0 Å². The molecule has 0 amide bonds. The first-order valence-corrected chi connectivity index (χ1v) is 41.6. The van der Waals surface area contributed by atoms with Gasteiger partial charge in [0.15, 0.2) is 34.9 Å². The molecule has 25 aromatic rings. The van der Waals surface area contributed by atoms with Gasteiger partial charge in [-0.3, -0.25) is 0 Å². The summed E-state index contributed by atoms with van der Waals surface area (Å²) in [5, 5.41) is 15.8. The van der Waals surface area contributed by atoms with Crippen molar-refractivity contribution in [2.24, 2.45) is 0 Å². The van der Waals surface area contributed by atoms with E-state index in [0.29, 0.717) is 34.9 Å². The van der Waals surface area contributed by atoms with Crippen LogP contribution in [-0.2, 0) is 0 Å². The van der Waals surface area contributed by atoms with Gasteiger partial charge in [0.1, 0.15) is 22.3 Å². The van der Waals surface area contributed by atoms with E-state index in [1.807, 2.05) is 97.1 Å². The van der Waals surface area contributed by atoms with E-state index in [1.54, 1.807) is 11.3 Å². The fourth-order valence-electron chi connectivity index (χ4n) is 17.9.